The fourth-order valence-corrected chi connectivity index (χ4v) is 3.24. The highest BCUT2D eigenvalue weighted by Gasteiger charge is 2.31. The molecule has 0 bridgehead atoms. The average Bonchev–Trinajstić information content (AvgIpc) is 3.10. The number of rotatable bonds is 2. The molecule has 3 nitrogen and oxygen atoms in total. The number of likely N-dealkylation sites (tertiary alicyclic amines) is 1. The second-order valence-electron chi connectivity index (χ2n) is 5.19. The molecular formula is C16H17BrN2O. The molecule has 1 fully saturated rings. The zero-order valence-corrected chi connectivity index (χ0v) is 13.0. The molecule has 2 heterocycles. The van der Waals surface area contributed by atoms with Crippen molar-refractivity contribution in [1.29, 1.82) is 0 Å². The van der Waals surface area contributed by atoms with Crippen LogP contribution < -0.4 is 0 Å². The van der Waals surface area contributed by atoms with E-state index in [9.17, 15) is 4.79 Å². The van der Waals surface area contributed by atoms with E-state index in [1.54, 1.807) is 0 Å². The predicted molar refractivity (Wildman–Crippen MR) is 82.7 cm³/mol. The highest BCUT2D eigenvalue weighted by atomic mass is 79.9. The van der Waals surface area contributed by atoms with Crippen LogP contribution in [0, 0.1) is 6.92 Å². The van der Waals surface area contributed by atoms with Crippen LogP contribution >= 0.6 is 15.9 Å². The van der Waals surface area contributed by atoms with E-state index in [2.05, 4.69) is 27.0 Å². The fraction of sp³-hybridized carbons (Fsp3) is 0.312. The molecule has 3 rings (SSSR count). The molecule has 4 heteroatoms. The number of hydrogen-bond acceptors (Lipinski definition) is 1. The summed E-state index contributed by atoms with van der Waals surface area (Å²) in [5.74, 6) is 0.126. The zero-order valence-electron chi connectivity index (χ0n) is 11.4. The molecule has 2 aromatic rings. The summed E-state index contributed by atoms with van der Waals surface area (Å²) in [6.45, 7) is 2.81. The highest BCUT2D eigenvalue weighted by Crippen LogP contribution is 2.33. The second kappa shape index (κ2) is 5.44. The molecule has 1 atom stereocenters. The third kappa shape index (κ3) is 2.29. The Labute approximate surface area is 127 Å². The predicted octanol–water partition coefficient (Wildman–Crippen LogP) is 4.06. The number of amides is 1. The third-order valence-corrected chi connectivity index (χ3v) is 4.85. The monoisotopic (exact) mass is 332 g/mol. The van der Waals surface area contributed by atoms with Crippen molar-refractivity contribution >= 4 is 21.8 Å². The molecular weight excluding hydrogens is 316 g/mol. The van der Waals surface area contributed by atoms with E-state index in [4.69, 9.17) is 0 Å². The number of carbonyl (C=O) groups excluding carboxylic acids is 1. The van der Waals surface area contributed by atoms with Gasteiger partial charge in [0.05, 0.1) is 6.04 Å². The lowest BCUT2D eigenvalue weighted by Crippen LogP contribution is -2.31. The molecule has 104 valence electrons. The van der Waals surface area contributed by atoms with Crippen molar-refractivity contribution in [3.8, 4) is 0 Å². The van der Waals surface area contributed by atoms with Crippen molar-refractivity contribution < 1.29 is 4.79 Å². The number of benzene rings is 1. The van der Waals surface area contributed by atoms with Gasteiger partial charge in [-0.1, -0.05) is 22.0 Å². The molecule has 1 saturated heterocycles. The SMILES string of the molecule is Cc1c(Br)cccc1C(=O)N1CCCC1c1ccc[nH]1. The number of aromatic nitrogens is 1. The first-order chi connectivity index (χ1) is 9.68. The first kappa shape index (κ1) is 13.4. The highest BCUT2D eigenvalue weighted by molar-refractivity contribution is 9.10. The van der Waals surface area contributed by atoms with Crippen LogP contribution in [-0.4, -0.2) is 22.3 Å². The fourth-order valence-electron chi connectivity index (χ4n) is 2.88. The van der Waals surface area contributed by atoms with Gasteiger partial charge < -0.3 is 9.88 Å². The summed E-state index contributed by atoms with van der Waals surface area (Å²) in [5.41, 5.74) is 2.93. The van der Waals surface area contributed by atoms with Crippen molar-refractivity contribution in [3.05, 3.63) is 57.8 Å². The van der Waals surface area contributed by atoms with E-state index in [0.717, 1.165) is 40.7 Å². The van der Waals surface area contributed by atoms with Crippen LogP contribution in [0.15, 0.2) is 41.0 Å². The number of carbonyl (C=O) groups is 1. The molecule has 20 heavy (non-hydrogen) atoms. The molecule has 0 aliphatic carbocycles. The smallest absolute Gasteiger partial charge is 0.254 e. The number of halogens is 1. The Kier molecular flexibility index (Phi) is 3.66. The van der Waals surface area contributed by atoms with Crippen LogP contribution in [-0.2, 0) is 0 Å². The summed E-state index contributed by atoms with van der Waals surface area (Å²) in [6.07, 6.45) is 4.00. The molecule has 1 aliphatic heterocycles. The summed E-state index contributed by atoms with van der Waals surface area (Å²) in [6, 6.07) is 10.0. The van der Waals surface area contributed by atoms with E-state index in [-0.39, 0.29) is 11.9 Å². The Morgan fingerprint density at radius 2 is 2.20 bits per heavy atom. The Balaban J connectivity index is 1.92. The quantitative estimate of drug-likeness (QED) is 0.884. The lowest BCUT2D eigenvalue weighted by Gasteiger charge is -2.25. The number of aromatic amines is 1. The molecule has 1 amide bonds. The van der Waals surface area contributed by atoms with Crippen LogP contribution in [0.25, 0.3) is 0 Å². The number of hydrogen-bond donors (Lipinski definition) is 1. The standard InChI is InChI=1S/C16H17BrN2O/c1-11-12(5-2-6-13(11)17)16(20)19-10-4-8-15(19)14-7-3-9-18-14/h2-3,5-7,9,15,18H,4,8,10H2,1H3. The largest absolute Gasteiger partial charge is 0.363 e. The summed E-state index contributed by atoms with van der Waals surface area (Å²) >= 11 is 3.50. The Morgan fingerprint density at radius 1 is 1.35 bits per heavy atom. The van der Waals surface area contributed by atoms with Crippen LogP contribution in [0.4, 0.5) is 0 Å². The molecule has 1 aromatic carbocycles. The van der Waals surface area contributed by atoms with Gasteiger partial charge in [-0.05, 0) is 49.6 Å². The zero-order chi connectivity index (χ0) is 14.1. The van der Waals surface area contributed by atoms with Crippen molar-refractivity contribution in [2.45, 2.75) is 25.8 Å². The van der Waals surface area contributed by atoms with Crippen molar-refractivity contribution in [2.24, 2.45) is 0 Å². The number of nitrogens with one attached hydrogen (secondary N) is 1. The van der Waals surface area contributed by atoms with Crippen LogP contribution in [0.5, 0.6) is 0 Å². The molecule has 1 unspecified atom stereocenters. The third-order valence-electron chi connectivity index (χ3n) is 3.99. The Bertz CT molecular complexity index is 621. The maximum atomic E-state index is 12.8. The maximum Gasteiger partial charge on any atom is 0.254 e. The van der Waals surface area contributed by atoms with Gasteiger partial charge in [-0.15, -0.1) is 0 Å². The van der Waals surface area contributed by atoms with Gasteiger partial charge in [-0.25, -0.2) is 0 Å². The average molecular weight is 333 g/mol. The Morgan fingerprint density at radius 3 is 2.95 bits per heavy atom. The van der Waals surface area contributed by atoms with Crippen molar-refractivity contribution in [2.75, 3.05) is 6.54 Å². The summed E-state index contributed by atoms with van der Waals surface area (Å²) in [7, 11) is 0. The van der Waals surface area contributed by atoms with Gasteiger partial charge in [0.15, 0.2) is 0 Å². The van der Waals surface area contributed by atoms with Gasteiger partial charge in [-0.2, -0.15) is 0 Å². The van der Waals surface area contributed by atoms with E-state index in [1.807, 2.05) is 42.3 Å². The van der Waals surface area contributed by atoms with Gasteiger partial charge in [0, 0.05) is 28.5 Å². The van der Waals surface area contributed by atoms with Crippen molar-refractivity contribution in [1.82, 2.24) is 9.88 Å². The molecule has 1 N–H and O–H groups in total. The first-order valence-corrected chi connectivity index (χ1v) is 7.67. The van der Waals surface area contributed by atoms with Crippen LogP contribution in [0.2, 0.25) is 0 Å². The van der Waals surface area contributed by atoms with Gasteiger partial charge in [0.2, 0.25) is 0 Å². The second-order valence-corrected chi connectivity index (χ2v) is 6.05. The van der Waals surface area contributed by atoms with E-state index in [0.29, 0.717) is 0 Å². The molecule has 0 radical (unpaired) electrons. The lowest BCUT2D eigenvalue weighted by molar-refractivity contribution is 0.0732. The number of nitrogens with zero attached hydrogens (tertiary/aromatic N) is 1. The molecule has 0 saturated carbocycles. The summed E-state index contributed by atoms with van der Waals surface area (Å²) in [4.78, 5) is 18.0. The minimum Gasteiger partial charge on any atom is -0.363 e. The van der Waals surface area contributed by atoms with E-state index < -0.39 is 0 Å². The number of H-pyrrole nitrogens is 1. The first-order valence-electron chi connectivity index (χ1n) is 6.88. The molecule has 1 aliphatic rings. The summed E-state index contributed by atoms with van der Waals surface area (Å²) in [5, 5.41) is 0. The normalized spacial score (nSPS) is 18.5. The van der Waals surface area contributed by atoms with E-state index in [1.165, 1.54) is 0 Å². The van der Waals surface area contributed by atoms with Crippen LogP contribution in [0.1, 0.15) is 40.5 Å². The maximum absolute atomic E-state index is 12.8. The van der Waals surface area contributed by atoms with E-state index >= 15 is 0 Å². The lowest BCUT2D eigenvalue weighted by atomic mass is 10.1. The van der Waals surface area contributed by atoms with Gasteiger partial charge in [-0.3, -0.25) is 4.79 Å². The molecule has 1 aromatic heterocycles. The topological polar surface area (TPSA) is 36.1 Å². The minimum absolute atomic E-state index is 0.126. The molecule has 0 spiro atoms. The summed E-state index contributed by atoms with van der Waals surface area (Å²) < 4.78 is 0.985. The Hall–Kier alpha value is -1.55. The van der Waals surface area contributed by atoms with Gasteiger partial charge >= 0.3 is 0 Å². The van der Waals surface area contributed by atoms with Crippen molar-refractivity contribution in [3.63, 3.8) is 0 Å². The van der Waals surface area contributed by atoms with Gasteiger partial charge in [0.1, 0.15) is 0 Å². The van der Waals surface area contributed by atoms with Gasteiger partial charge in [0.25, 0.3) is 5.91 Å². The minimum atomic E-state index is 0.126. The van der Waals surface area contributed by atoms with Crippen LogP contribution in [0.3, 0.4) is 0 Å².